The highest BCUT2D eigenvalue weighted by molar-refractivity contribution is 8.17. The summed E-state index contributed by atoms with van der Waals surface area (Å²) >= 11 is 2.90. The van der Waals surface area contributed by atoms with Gasteiger partial charge < -0.3 is 30.7 Å². The number of rotatable bonds is 14. The maximum absolute atomic E-state index is 13.5. The number of ether oxygens (including phenoxy) is 2. The molecule has 0 spiro atoms. The summed E-state index contributed by atoms with van der Waals surface area (Å²) in [6.07, 6.45) is -1.40. The zero-order valence-electron chi connectivity index (χ0n) is 29.3. The molecule has 2 aromatic carbocycles. The molecule has 12 heteroatoms. The van der Waals surface area contributed by atoms with Crippen LogP contribution in [0.1, 0.15) is 80.4 Å². The maximum atomic E-state index is 13.5. The number of alkyl carbamates (subject to hydrolysis) is 2. The van der Waals surface area contributed by atoms with Crippen molar-refractivity contribution < 1.29 is 28.7 Å². The SMILES string of the molecule is CC(C)(C)OC(=O)N[C@@H](C(=O)NCc1ccccc1)C(C)(C)SCSC(C)(C)[C@@H](NC(=O)OC(C)(C)C)C(=O)NCc1ccccc1. The van der Waals surface area contributed by atoms with Crippen LogP contribution in [0, 0.1) is 0 Å². The maximum Gasteiger partial charge on any atom is 0.408 e. The molecule has 47 heavy (non-hydrogen) atoms. The molecule has 2 rings (SSSR count). The third-order valence-corrected chi connectivity index (χ3v) is 9.62. The van der Waals surface area contributed by atoms with E-state index in [1.807, 2.05) is 88.4 Å². The summed E-state index contributed by atoms with van der Waals surface area (Å²) in [4.78, 5) is 52.7. The molecule has 10 nitrogen and oxygen atoms in total. The summed E-state index contributed by atoms with van der Waals surface area (Å²) in [6.45, 7) is 18.6. The molecule has 0 aliphatic heterocycles. The third kappa shape index (κ3) is 14.9. The largest absolute Gasteiger partial charge is 0.444 e. The molecule has 0 heterocycles. The molecule has 0 radical (unpaired) electrons. The summed E-state index contributed by atoms with van der Waals surface area (Å²) in [5.41, 5.74) is 0.356. The van der Waals surface area contributed by atoms with E-state index in [1.165, 1.54) is 23.5 Å². The molecule has 0 bridgehead atoms. The molecule has 0 saturated carbocycles. The lowest BCUT2D eigenvalue weighted by Gasteiger charge is -2.37. The first-order valence-corrected chi connectivity index (χ1v) is 17.6. The van der Waals surface area contributed by atoms with Gasteiger partial charge in [0.15, 0.2) is 0 Å². The van der Waals surface area contributed by atoms with Crippen molar-refractivity contribution >= 4 is 47.5 Å². The molecule has 0 unspecified atom stereocenters. The topological polar surface area (TPSA) is 135 Å². The Bertz CT molecular complexity index is 1220. The Labute approximate surface area is 288 Å². The van der Waals surface area contributed by atoms with E-state index in [2.05, 4.69) is 21.3 Å². The van der Waals surface area contributed by atoms with Gasteiger partial charge in [0.2, 0.25) is 11.8 Å². The van der Waals surface area contributed by atoms with Gasteiger partial charge in [0.1, 0.15) is 23.3 Å². The zero-order chi connectivity index (χ0) is 35.5. The summed E-state index contributed by atoms with van der Waals surface area (Å²) in [5, 5.41) is 11.9. The van der Waals surface area contributed by atoms with Crippen molar-refractivity contribution in [2.75, 3.05) is 5.08 Å². The number of carbonyl (C=O) groups excluding carboxylic acids is 4. The van der Waals surface area contributed by atoms with Gasteiger partial charge in [0.05, 0.1) is 0 Å². The molecule has 260 valence electrons. The van der Waals surface area contributed by atoms with Crippen LogP contribution in [-0.2, 0) is 32.2 Å². The lowest BCUT2D eigenvalue weighted by molar-refractivity contribution is -0.124. The van der Waals surface area contributed by atoms with Gasteiger partial charge in [0.25, 0.3) is 0 Å². The van der Waals surface area contributed by atoms with Crippen molar-refractivity contribution in [3.8, 4) is 0 Å². The summed E-state index contributed by atoms with van der Waals surface area (Å²) in [6, 6.07) is 17.1. The van der Waals surface area contributed by atoms with Crippen LogP contribution in [0.2, 0.25) is 0 Å². The van der Waals surface area contributed by atoms with Crippen LogP contribution < -0.4 is 21.3 Å². The lowest BCUT2D eigenvalue weighted by atomic mass is 10.0. The van der Waals surface area contributed by atoms with Crippen molar-refractivity contribution in [2.45, 2.75) is 115 Å². The van der Waals surface area contributed by atoms with Gasteiger partial charge in [-0.15, -0.1) is 23.5 Å². The van der Waals surface area contributed by atoms with Crippen molar-refractivity contribution in [3.05, 3.63) is 71.8 Å². The number of hydrogen-bond acceptors (Lipinski definition) is 8. The third-order valence-electron chi connectivity index (χ3n) is 6.72. The Balaban J connectivity index is 2.20. The van der Waals surface area contributed by atoms with E-state index in [0.717, 1.165) is 11.1 Å². The Morgan fingerprint density at radius 2 is 0.894 bits per heavy atom. The number of benzene rings is 2. The van der Waals surface area contributed by atoms with E-state index in [-0.39, 0.29) is 11.8 Å². The van der Waals surface area contributed by atoms with Gasteiger partial charge in [-0.05, 0) is 80.4 Å². The second-order valence-corrected chi connectivity index (χ2v) is 17.8. The Hall–Kier alpha value is -3.38. The Kier molecular flexibility index (Phi) is 14.5. The van der Waals surface area contributed by atoms with E-state index in [0.29, 0.717) is 18.2 Å². The van der Waals surface area contributed by atoms with E-state index in [4.69, 9.17) is 9.47 Å². The zero-order valence-corrected chi connectivity index (χ0v) is 30.9. The fourth-order valence-corrected chi connectivity index (χ4v) is 7.57. The van der Waals surface area contributed by atoms with E-state index in [1.54, 1.807) is 41.5 Å². The van der Waals surface area contributed by atoms with E-state index < -0.39 is 45.0 Å². The van der Waals surface area contributed by atoms with Crippen molar-refractivity contribution in [1.29, 1.82) is 0 Å². The normalized spacial score (nSPS) is 13.5. The molecule has 0 aliphatic rings. The quantitative estimate of drug-likeness (QED) is 0.168. The number of nitrogens with one attached hydrogen (secondary N) is 4. The highest BCUT2D eigenvalue weighted by atomic mass is 32.2. The number of carbonyl (C=O) groups is 4. The highest BCUT2D eigenvalue weighted by Gasteiger charge is 2.41. The minimum atomic E-state index is -0.945. The minimum Gasteiger partial charge on any atom is -0.444 e. The Morgan fingerprint density at radius 3 is 1.19 bits per heavy atom. The second kappa shape index (κ2) is 17.1. The van der Waals surface area contributed by atoms with Gasteiger partial charge in [0, 0.05) is 27.7 Å². The van der Waals surface area contributed by atoms with Gasteiger partial charge in [-0.25, -0.2) is 9.59 Å². The molecule has 2 atom stereocenters. The van der Waals surface area contributed by atoms with Crippen LogP contribution in [0.5, 0.6) is 0 Å². The predicted molar refractivity (Wildman–Crippen MR) is 191 cm³/mol. The van der Waals surface area contributed by atoms with Crippen LogP contribution in [0.3, 0.4) is 0 Å². The molecular weight excluding hydrogens is 637 g/mol. The molecular formula is C35H52N4O6S2. The van der Waals surface area contributed by atoms with Gasteiger partial charge in [-0.1, -0.05) is 60.7 Å². The molecule has 4 amide bonds. The molecule has 0 aromatic heterocycles. The molecule has 0 saturated heterocycles. The monoisotopic (exact) mass is 688 g/mol. The summed E-state index contributed by atoms with van der Waals surface area (Å²) < 4.78 is 9.35. The average Bonchev–Trinajstić information content (AvgIpc) is 2.95. The van der Waals surface area contributed by atoms with Crippen molar-refractivity contribution in [3.63, 3.8) is 0 Å². The molecule has 0 fully saturated rings. The van der Waals surface area contributed by atoms with E-state index in [9.17, 15) is 19.2 Å². The predicted octanol–water partition coefficient (Wildman–Crippen LogP) is 6.39. The summed E-state index contributed by atoms with van der Waals surface area (Å²) in [5.74, 6) is -0.711. The fraction of sp³-hybridized carbons (Fsp3) is 0.543. The first-order valence-electron chi connectivity index (χ1n) is 15.6. The number of thioether (sulfide) groups is 2. The van der Waals surface area contributed by atoms with E-state index >= 15 is 0 Å². The standard InChI is InChI=1S/C35H52N4O6S2/c1-32(2,3)44-30(42)38-26(28(40)36-21-24-17-13-11-14-18-24)34(7,8)46-23-47-35(9,10)27(39-31(43)45-33(4,5)6)29(41)37-22-25-19-15-12-16-20-25/h11-20,26-27H,21-23H2,1-10H3,(H,36,40)(H,37,41)(H,38,42)(H,39,43)/t26-,27-/m0/s1. The van der Waals surface area contributed by atoms with Crippen LogP contribution in [0.25, 0.3) is 0 Å². The number of hydrogen-bond donors (Lipinski definition) is 4. The fourth-order valence-electron chi connectivity index (χ4n) is 4.24. The minimum absolute atomic E-state index is 0.296. The molecule has 0 aliphatic carbocycles. The summed E-state index contributed by atoms with van der Waals surface area (Å²) in [7, 11) is 0. The van der Waals surface area contributed by atoms with Gasteiger partial charge in [-0.3, -0.25) is 9.59 Å². The first-order chi connectivity index (χ1) is 21.7. The first kappa shape index (κ1) is 39.8. The molecule has 4 N–H and O–H groups in total. The van der Waals surface area contributed by atoms with Crippen molar-refractivity contribution in [2.24, 2.45) is 0 Å². The average molecular weight is 689 g/mol. The van der Waals surface area contributed by atoms with Gasteiger partial charge >= 0.3 is 12.2 Å². The van der Waals surface area contributed by atoms with Crippen LogP contribution in [0.15, 0.2) is 60.7 Å². The lowest BCUT2D eigenvalue weighted by Crippen LogP contribution is -2.57. The van der Waals surface area contributed by atoms with Crippen LogP contribution >= 0.6 is 23.5 Å². The van der Waals surface area contributed by atoms with Gasteiger partial charge in [-0.2, -0.15) is 0 Å². The van der Waals surface area contributed by atoms with Crippen LogP contribution in [0.4, 0.5) is 9.59 Å². The highest BCUT2D eigenvalue weighted by Crippen LogP contribution is 2.38. The smallest absolute Gasteiger partial charge is 0.408 e. The number of amides is 4. The van der Waals surface area contributed by atoms with Crippen molar-refractivity contribution in [1.82, 2.24) is 21.3 Å². The molecule has 2 aromatic rings. The van der Waals surface area contributed by atoms with Crippen LogP contribution in [-0.4, -0.2) is 61.9 Å². The second-order valence-electron chi connectivity index (χ2n) is 14.2. The Morgan fingerprint density at radius 1 is 0.574 bits per heavy atom.